The van der Waals surface area contributed by atoms with Gasteiger partial charge in [0.2, 0.25) is 0 Å². The molecule has 2 aromatic rings. The third-order valence-electron chi connectivity index (χ3n) is 2.37. The molecule has 4 nitrogen and oxygen atoms in total. The van der Waals surface area contributed by atoms with E-state index in [0.717, 1.165) is 9.26 Å². The van der Waals surface area contributed by atoms with Crippen molar-refractivity contribution in [2.45, 2.75) is 13.5 Å². The molecule has 20 heavy (non-hydrogen) atoms. The van der Waals surface area contributed by atoms with Crippen molar-refractivity contribution in [2.75, 3.05) is 11.9 Å². The van der Waals surface area contributed by atoms with E-state index in [9.17, 15) is 4.39 Å². The van der Waals surface area contributed by atoms with Crippen LogP contribution < -0.4 is 5.32 Å². The van der Waals surface area contributed by atoms with E-state index < -0.39 is 0 Å². The van der Waals surface area contributed by atoms with Crippen molar-refractivity contribution < 1.29 is 9.13 Å². The number of nitrogens with zero attached hydrogens (tertiary/aromatic N) is 2. The summed E-state index contributed by atoms with van der Waals surface area (Å²) in [6, 6.07) is 6.08. The van der Waals surface area contributed by atoms with Crippen molar-refractivity contribution in [1.29, 1.82) is 0 Å². The highest BCUT2D eigenvalue weighted by Gasteiger charge is 2.06. The lowest BCUT2D eigenvalue weighted by Gasteiger charge is -2.09. The maximum atomic E-state index is 13.1. The molecule has 0 aliphatic carbocycles. The van der Waals surface area contributed by atoms with Crippen LogP contribution in [-0.4, -0.2) is 16.6 Å². The minimum atomic E-state index is -0.280. The Morgan fingerprint density at radius 3 is 2.85 bits per heavy atom. The van der Waals surface area contributed by atoms with E-state index in [-0.39, 0.29) is 5.82 Å². The van der Waals surface area contributed by atoms with Gasteiger partial charge in [-0.2, -0.15) is 0 Å². The number of rotatable bonds is 5. The lowest BCUT2D eigenvalue weighted by Crippen LogP contribution is -2.03. The summed E-state index contributed by atoms with van der Waals surface area (Å²) in [4.78, 5) is 8.38. The Morgan fingerprint density at radius 1 is 1.35 bits per heavy atom. The number of hydrogen-bond acceptors (Lipinski definition) is 4. The molecule has 1 aromatic carbocycles. The average molecular weight is 408 g/mol. The molecule has 0 saturated heterocycles. The molecule has 0 atom stereocenters. The van der Waals surface area contributed by atoms with Crippen LogP contribution in [0, 0.1) is 9.39 Å². The molecule has 0 radical (unpaired) electrons. The Bertz CT molecular complexity index is 612. The molecule has 0 bridgehead atoms. The number of nitrogens with one attached hydrogen (secondary N) is 1. The second-order valence-corrected chi connectivity index (χ2v) is 5.43. The molecular formula is C13H12ClFIN3O. The van der Waals surface area contributed by atoms with Gasteiger partial charge in [-0.05, 0) is 47.7 Å². The largest absolute Gasteiger partial charge is 0.374 e. The summed E-state index contributed by atoms with van der Waals surface area (Å²) in [6.07, 6.45) is 0. The van der Waals surface area contributed by atoms with Crippen LogP contribution in [0.2, 0.25) is 5.15 Å². The fourth-order valence-electron chi connectivity index (χ4n) is 1.52. The lowest BCUT2D eigenvalue weighted by atomic mass is 10.3. The summed E-state index contributed by atoms with van der Waals surface area (Å²) >= 11 is 8.00. The number of anilines is 2. The van der Waals surface area contributed by atoms with E-state index in [0.29, 0.717) is 30.0 Å². The summed E-state index contributed by atoms with van der Waals surface area (Å²) in [5, 5.41) is 3.42. The van der Waals surface area contributed by atoms with Crippen molar-refractivity contribution in [3.8, 4) is 0 Å². The zero-order valence-electron chi connectivity index (χ0n) is 10.7. The minimum Gasteiger partial charge on any atom is -0.374 e. The van der Waals surface area contributed by atoms with Gasteiger partial charge in [-0.15, -0.1) is 0 Å². The van der Waals surface area contributed by atoms with Crippen LogP contribution in [0.1, 0.15) is 12.7 Å². The SMILES string of the molecule is CCOCc1nc(Cl)cc(Nc2ccc(F)cc2I)n1. The van der Waals surface area contributed by atoms with Crippen molar-refractivity contribution in [2.24, 2.45) is 0 Å². The molecule has 1 N–H and O–H groups in total. The van der Waals surface area contributed by atoms with Crippen molar-refractivity contribution >= 4 is 45.7 Å². The first-order valence-corrected chi connectivity index (χ1v) is 7.37. The summed E-state index contributed by atoms with van der Waals surface area (Å²) in [6.45, 7) is 2.77. The molecule has 0 amide bonds. The highest BCUT2D eigenvalue weighted by Crippen LogP contribution is 2.23. The number of aromatic nitrogens is 2. The van der Waals surface area contributed by atoms with Crippen molar-refractivity contribution in [3.63, 3.8) is 0 Å². The Balaban J connectivity index is 2.21. The average Bonchev–Trinajstić information content (AvgIpc) is 2.39. The molecule has 0 aliphatic rings. The van der Waals surface area contributed by atoms with Crippen molar-refractivity contribution in [1.82, 2.24) is 9.97 Å². The van der Waals surface area contributed by atoms with Gasteiger partial charge in [0.1, 0.15) is 23.4 Å². The molecule has 0 saturated carbocycles. The molecule has 7 heteroatoms. The third kappa shape index (κ3) is 4.26. The number of hydrogen-bond donors (Lipinski definition) is 1. The van der Waals surface area contributed by atoms with E-state index in [1.54, 1.807) is 12.1 Å². The third-order valence-corrected chi connectivity index (χ3v) is 3.46. The Labute approximate surface area is 134 Å². The molecule has 0 unspecified atom stereocenters. The number of halogens is 3. The van der Waals surface area contributed by atoms with E-state index >= 15 is 0 Å². The summed E-state index contributed by atoms with van der Waals surface area (Å²) in [5.41, 5.74) is 0.754. The van der Waals surface area contributed by atoms with E-state index in [1.165, 1.54) is 12.1 Å². The van der Waals surface area contributed by atoms with E-state index in [2.05, 4.69) is 15.3 Å². The van der Waals surface area contributed by atoms with Crippen LogP contribution in [0.4, 0.5) is 15.9 Å². The van der Waals surface area contributed by atoms with Gasteiger partial charge in [-0.25, -0.2) is 14.4 Å². The van der Waals surface area contributed by atoms with Crippen molar-refractivity contribution in [3.05, 3.63) is 44.6 Å². The van der Waals surface area contributed by atoms with Crippen LogP contribution >= 0.6 is 34.2 Å². The highest BCUT2D eigenvalue weighted by atomic mass is 127. The predicted octanol–water partition coefficient (Wildman–Crippen LogP) is 4.15. The molecule has 106 valence electrons. The molecule has 0 spiro atoms. The smallest absolute Gasteiger partial charge is 0.158 e. The Morgan fingerprint density at radius 2 is 2.15 bits per heavy atom. The topological polar surface area (TPSA) is 47.0 Å². The molecule has 1 aromatic heterocycles. The standard InChI is InChI=1S/C13H12ClFIN3O/c1-2-20-7-13-18-11(14)6-12(19-13)17-10-4-3-8(15)5-9(10)16/h3-6H,2,7H2,1H3,(H,17,18,19). The van der Waals surface area contributed by atoms with Gasteiger partial charge >= 0.3 is 0 Å². The highest BCUT2D eigenvalue weighted by molar-refractivity contribution is 14.1. The summed E-state index contributed by atoms with van der Waals surface area (Å²) in [5.74, 6) is 0.765. The fourth-order valence-corrected chi connectivity index (χ4v) is 2.33. The van der Waals surface area contributed by atoms with Crippen LogP contribution in [0.15, 0.2) is 24.3 Å². The Hall–Kier alpha value is -0.990. The van der Waals surface area contributed by atoms with Crippen LogP contribution in [0.5, 0.6) is 0 Å². The molecule has 0 aliphatic heterocycles. The van der Waals surface area contributed by atoms with Gasteiger partial charge in [0.15, 0.2) is 5.82 Å². The first-order valence-electron chi connectivity index (χ1n) is 5.91. The van der Waals surface area contributed by atoms with E-state index in [4.69, 9.17) is 16.3 Å². The van der Waals surface area contributed by atoms with Gasteiger partial charge in [0, 0.05) is 16.2 Å². The van der Waals surface area contributed by atoms with Gasteiger partial charge < -0.3 is 10.1 Å². The van der Waals surface area contributed by atoms with E-state index in [1.807, 2.05) is 29.5 Å². The van der Waals surface area contributed by atoms with Crippen LogP contribution in [0.25, 0.3) is 0 Å². The monoisotopic (exact) mass is 407 g/mol. The summed E-state index contributed by atoms with van der Waals surface area (Å²) in [7, 11) is 0. The van der Waals surface area contributed by atoms with Crippen LogP contribution in [0.3, 0.4) is 0 Å². The second kappa shape index (κ2) is 7.14. The second-order valence-electron chi connectivity index (χ2n) is 3.88. The minimum absolute atomic E-state index is 0.280. The molecule has 0 fully saturated rings. The zero-order valence-corrected chi connectivity index (χ0v) is 13.6. The molecular weight excluding hydrogens is 396 g/mol. The first-order chi connectivity index (χ1) is 9.58. The van der Waals surface area contributed by atoms with Gasteiger partial charge in [-0.1, -0.05) is 11.6 Å². The van der Waals surface area contributed by atoms with Gasteiger partial charge in [0.05, 0.1) is 5.69 Å². The maximum absolute atomic E-state index is 13.1. The molecule has 1 heterocycles. The first kappa shape index (κ1) is 15.4. The quantitative estimate of drug-likeness (QED) is 0.597. The van der Waals surface area contributed by atoms with Gasteiger partial charge in [0.25, 0.3) is 0 Å². The zero-order chi connectivity index (χ0) is 14.5. The summed E-state index contributed by atoms with van der Waals surface area (Å²) < 4.78 is 19.1. The normalized spacial score (nSPS) is 10.6. The van der Waals surface area contributed by atoms with Gasteiger partial charge in [-0.3, -0.25) is 0 Å². The van der Waals surface area contributed by atoms with Crippen LogP contribution in [-0.2, 0) is 11.3 Å². The number of benzene rings is 1. The lowest BCUT2D eigenvalue weighted by molar-refractivity contribution is 0.128. The molecule has 2 rings (SSSR count). The number of ether oxygens (including phenoxy) is 1. The maximum Gasteiger partial charge on any atom is 0.158 e. The fraction of sp³-hybridized carbons (Fsp3) is 0.231. The predicted molar refractivity (Wildman–Crippen MR) is 84.8 cm³/mol. The Kier molecular flexibility index (Phi) is 5.50.